The van der Waals surface area contributed by atoms with E-state index in [1.807, 2.05) is 11.0 Å². The number of amides is 1. The van der Waals surface area contributed by atoms with Gasteiger partial charge < -0.3 is 10.0 Å². The van der Waals surface area contributed by atoms with E-state index in [4.69, 9.17) is 0 Å². The molecule has 1 aromatic rings. The van der Waals surface area contributed by atoms with Crippen LogP contribution in [0.1, 0.15) is 56.9 Å². The van der Waals surface area contributed by atoms with Crippen LogP contribution >= 0.6 is 0 Å². The molecule has 1 aliphatic heterocycles. The molecule has 2 saturated carbocycles. The zero-order valence-corrected chi connectivity index (χ0v) is 14.0. The van der Waals surface area contributed by atoms with Crippen molar-refractivity contribution in [2.24, 2.45) is 11.8 Å². The SMILES string of the molecule is O=C(O)C1CCCC(C(=O)N2CC3(CCCC3)c3ccccc32)C1. The minimum Gasteiger partial charge on any atom is -0.481 e. The molecule has 3 aliphatic rings. The average molecular weight is 327 g/mol. The van der Waals surface area contributed by atoms with Gasteiger partial charge in [0.25, 0.3) is 0 Å². The number of para-hydroxylation sites is 1. The molecule has 2 aliphatic carbocycles. The number of carboxylic acids is 1. The quantitative estimate of drug-likeness (QED) is 0.900. The van der Waals surface area contributed by atoms with Crippen LogP contribution in [0, 0.1) is 11.8 Å². The van der Waals surface area contributed by atoms with Crippen LogP contribution in [0.3, 0.4) is 0 Å². The molecular weight excluding hydrogens is 302 g/mol. The third-order valence-electron chi connectivity index (χ3n) is 6.43. The summed E-state index contributed by atoms with van der Waals surface area (Å²) in [4.78, 5) is 26.5. The summed E-state index contributed by atoms with van der Waals surface area (Å²) in [5.74, 6) is -1.09. The van der Waals surface area contributed by atoms with Crippen molar-refractivity contribution in [3.05, 3.63) is 29.8 Å². The van der Waals surface area contributed by atoms with Gasteiger partial charge in [-0.25, -0.2) is 0 Å². The fourth-order valence-electron chi connectivity index (χ4n) is 5.17. The van der Waals surface area contributed by atoms with E-state index in [9.17, 15) is 14.7 Å². The molecule has 4 heteroatoms. The van der Waals surface area contributed by atoms with Gasteiger partial charge >= 0.3 is 5.97 Å². The van der Waals surface area contributed by atoms with Crippen molar-refractivity contribution in [1.29, 1.82) is 0 Å². The summed E-state index contributed by atoms with van der Waals surface area (Å²) in [5.41, 5.74) is 2.55. The minimum absolute atomic E-state index is 0.135. The Morgan fingerprint density at radius 2 is 1.75 bits per heavy atom. The van der Waals surface area contributed by atoms with Crippen molar-refractivity contribution in [1.82, 2.24) is 0 Å². The number of hydrogen-bond acceptors (Lipinski definition) is 2. The highest BCUT2D eigenvalue weighted by Crippen LogP contribution is 2.51. The summed E-state index contributed by atoms with van der Waals surface area (Å²) in [5, 5.41) is 9.30. The molecule has 1 spiro atoms. The van der Waals surface area contributed by atoms with Crippen LogP contribution in [-0.2, 0) is 15.0 Å². The molecule has 1 amide bonds. The molecule has 0 bridgehead atoms. The summed E-state index contributed by atoms with van der Waals surface area (Å²) in [6, 6.07) is 8.34. The van der Waals surface area contributed by atoms with Crippen molar-refractivity contribution in [2.75, 3.05) is 11.4 Å². The number of fused-ring (bicyclic) bond motifs is 2. The third-order valence-corrected chi connectivity index (χ3v) is 6.43. The number of benzene rings is 1. The summed E-state index contributed by atoms with van der Waals surface area (Å²) in [6.45, 7) is 0.791. The molecule has 4 rings (SSSR count). The Kier molecular flexibility index (Phi) is 3.86. The van der Waals surface area contributed by atoms with Crippen LogP contribution in [0.4, 0.5) is 5.69 Å². The van der Waals surface area contributed by atoms with Crippen LogP contribution in [-0.4, -0.2) is 23.5 Å². The Hall–Kier alpha value is -1.84. The lowest BCUT2D eigenvalue weighted by Crippen LogP contribution is -2.41. The molecule has 0 saturated heterocycles. The molecule has 0 radical (unpaired) electrons. The van der Waals surface area contributed by atoms with Crippen LogP contribution in [0.25, 0.3) is 0 Å². The van der Waals surface area contributed by atoms with E-state index in [0.717, 1.165) is 37.9 Å². The van der Waals surface area contributed by atoms with Gasteiger partial charge in [-0.2, -0.15) is 0 Å². The monoisotopic (exact) mass is 327 g/mol. The van der Waals surface area contributed by atoms with Crippen molar-refractivity contribution in [2.45, 2.75) is 56.8 Å². The zero-order valence-electron chi connectivity index (χ0n) is 14.0. The lowest BCUT2D eigenvalue weighted by atomic mass is 9.80. The van der Waals surface area contributed by atoms with Gasteiger partial charge in [0.2, 0.25) is 5.91 Å². The Balaban J connectivity index is 1.60. The fraction of sp³-hybridized carbons (Fsp3) is 0.600. The molecule has 128 valence electrons. The van der Waals surface area contributed by atoms with E-state index in [-0.39, 0.29) is 23.2 Å². The molecular formula is C20H25NO3. The summed E-state index contributed by atoms with van der Waals surface area (Å²) in [6.07, 6.45) is 7.68. The molecule has 2 fully saturated rings. The Labute approximate surface area is 142 Å². The van der Waals surface area contributed by atoms with Gasteiger partial charge in [-0.05, 0) is 43.7 Å². The fourth-order valence-corrected chi connectivity index (χ4v) is 5.17. The topological polar surface area (TPSA) is 57.6 Å². The number of rotatable bonds is 2. The van der Waals surface area contributed by atoms with Gasteiger partial charge in [-0.1, -0.05) is 37.5 Å². The van der Waals surface area contributed by atoms with E-state index < -0.39 is 5.97 Å². The first-order chi connectivity index (χ1) is 11.6. The summed E-state index contributed by atoms with van der Waals surface area (Å²) >= 11 is 0. The summed E-state index contributed by atoms with van der Waals surface area (Å²) in [7, 11) is 0. The molecule has 1 N–H and O–H groups in total. The number of aliphatic carboxylic acids is 1. The lowest BCUT2D eigenvalue weighted by Gasteiger charge is -2.31. The molecule has 2 unspecified atom stereocenters. The third kappa shape index (κ3) is 2.43. The highest BCUT2D eigenvalue weighted by molar-refractivity contribution is 5.98. The molecule has 24 heavy (non-hydrogen) atoms. The van der Waals surface area contributed by atoms with Crippen molar-refractivity contribution in [3.8, 4) is 0 Å². The van der Waals surface area contributed by atoms with E-state index in [1.165, 1.54) is 18.4 Å². The maximum absolute atomic E-state index is 13.2. The summed E-state index contributed by atoms with van der Waals surface area (Å²) < 4.78 is 0. The van der Waals surface area contributed by atoms with Gasteiger partial charge in [0.15, 0.2) is 0 Å². The Morgan fingerprint density at radius 3 is 2.50 bits per heavy atom. The van der Waals surface area contributed by atoms with Crippen LogP contribution in [0.5, 0.6) is 0 Å². The normalized spacial score (nSPS) is 28.1. The molecule has 1 aromatic carbocycles. The molecule has 2 atom stereocenters. The molecule has 1 heterocycles. The number of hydrogen-bond donors (Lipinski definition) is 1. The van der Waals surface area contributed by atoms with Crippen molar-refractivity contribution in [3.63, 3.8) is 0 Å². The first-order valence-electron chi connectivity index (χ1n) is 9.24. The average Bonchev–Trinajstić information content (AvgIpc) is 3.21. The molecule has 4 nitrogen and oxygen atoms in total. The van der Waals surface area contributed by atoms with E-state index in [1.54, 1.807) is 0 Å². The highest BCUT2D eigenvalue weighted by Gasteiger charge is 2.47. The van der Waals surface area contributed by atoms with Gasteiger partial charge in [-0.15, -0.1) is 0 Å². The first-order valence-corrected chi connectivity index (χ1v) is 9.24. The first kappa shape index (κ1) is 15.7. The van der Waals surface area contributed by atoms with E-state index in [2.05, 4.69) is 18.2 Å². The van der Waals surface area contributed by atoms with Crippen LogP contribution in [0.15, 0.2) is 24.3 Å². The number of carbonyl (C=O) groups excluding carboxylic acids is 1. The Morgan fingerprint density at radius 1 is 1.04 bits per heavy atom. The second kappa shape index (κ2) is 5.91. The van der Waals surface area contributed by atoms with Crippen molar-refractivity contribution >= 4 is 17.6 Å². The predicted molar refractivity (Wildman–Crippen MR) is 92.0 cm³/mol. The van der Waals surface area contributed by atoms with Gasteiger partial charge in [0, 0.05) is 23.6 Å². The smallest absolute Gasteiger partial charge is 0.306 e. The number of carboxylic acid groups (broad SMARTS) is 1. The standard InChI is InChI=1S/C20H25NO3/c22-18(14-6-5-7-15(12-14)19(23)24)21-13-20(10-3-4-11-20)16-8-1-2-9-17(16)21/h1-2,8-9,14-15H,3-7,10-13H2,(H,23,24). The maximum atomic E-state index is 13.2. The Bertz CT molecular complexity index is 663. The lowest BCUT2D eigenvalue weighted by molar-refractivity contribution is -0.143. The van der Waals surface area contributed by atoms with E-state index in [0.29, 0.717) is 12.8 Å². The van der Waals surface area contributed by atoms with Crippen LogP contribution in [0.2, 0.25) is 0 Å². The number of anilines is 1. The van der Waals surface area contributed by atoms with E-state index >= 15 is 0 Å². The van der Waals surface area contributed by atoms with Crippen LogP contribution < -0.4 is 4.90 Å². The second-order valence-electron chi connectivity index (χ2n) is 7.83. The highest BCUT2D eigenvalue weighted by atomic mass is 16.4. The van der Waals surface area contributed by atoms with Gasteiger partial charge in [-0.3, -0.25) is 9.59 Å². The second-order valence-corrected chi connectivity index (χ2v) is 7.83. The maximum Gasteiger partial charge on any atom is 0.306 e. The van der Waals surface area contributed by atoms with Crippen molar-refractivity contribution < 1.29 is 14.7 Å². The largest absolute Gasteiger partial charge is 0.481 e. The zero-order chi connectivity index (χ0) is 16.7. The molecule has 0 aromatic heterocycles. The van der Waals surface area contributed by atoms with Gasteiger partial charge in [0.1, 0.15) is 0 Å². The van der Waals surface area contributed by atoms with Gasteiger partial charge in [0.05, 0.1) is 5.92 Å². The predicted octanol–water partition coefficient (Wildman–Crippen LogP) is 3.74. The minimum atomic E-state index is -0.749. The number of carbonyl (C=O) groups is 2. The number of nitrogens with zero attached hydrogens (tertiary/aromatic N) is 1.